The predicted molar refractivity (Wildman–Crippen MR) is 85.9 cm³/mol. The Bertz CT molecular complexity index is 426. The molecule has 5 heteroatoms. The van der Waals surface area contributed by atoms with E-state index in [4.69, 9.17) is 10.5 Å². The highest BCUT2D eigenvalue weighted by atomic mass is 16.5. The third kappa shape index (κ3) is 4.59. The minimum Gasteiger partial charge on any atom is -0.497 e. The summed E-state index contributed by atoms with van der Waals surface area (Å²) in [6.45, 7) is 7.09. The number of hydrogen-bond donors (Lipinski definition) is 2. The average Bonchev–Trinajstić information content (AvgIpc) is 2.54. The molecular weight excluding hydrogens is 266 g/mol. The molecule has 1 unspecified atom stereocenters. The SMILES string of the molecule is COc1ccc(N2CCN(CCC(C)(O)CN)CC2)cc1. The van der Waals surface area contributed by atoms with Crippen molar-refractivity contribution in [1.29, 1.82) is 0 Å². The third-order valence-electron chi connectivity index (χ3n) is 4.22. The minimum absolute atomic E-state index is 0.318. The van der Waals surface area contributed by atoms with Crippen LogP contribution in [0.5, 0.6) is 5.75 Å². The van der Waals surface area contributed by atoms with Gasteiger partial charge in [-0.05, 0) is 37.6 Å². The first-order chi connectivity index (χ1) is 10.0. The molecule has 0 bridgehead atoms. The van der Waals surface area contributed by atoms with Crippen LogP contribution in [-0.2, 0) is 0 Å². The minimum atomic E-state index is -0.743. The number of anilines is 1. The lowest BCUT2D eigenvalue weighted by Crippen LogP contribution is -2.48. The Morgan fingerprint density at radius 2 is 1.81 bits per heavy atom. The molecule has 5 nitrogen and oxygen atoms in total. The van der Waals surface area contributed by atoms with Gasteiger partial charge in [0.25, 0.3) is 0 Å². The van der Waals surface area contributed by atoms with Crippen LogP contribution in [0, 0.1) is 0 Å². The van der Waals surface area contributed by atoms with Crippen molar-refractivity contribution in [3.8, 4) is 5.75 Å². The van der Waals surface area contributed by atoms with Gasteiger partial charge in [-0.1, -0.05) is 0 Å². The van der Waals surface area contributed by atoms with Crippen LogP contribution in [-0.4, -0.2) is 62.0 Å². The highest BCUT2D eigenvalue weighted by Crippen LogP contribution is 2.20. The molecule has 1 aromatic carbocycles. The molecular formula is C16H27N3O2. The van der Waals surface area contributed by atoms with Gasteiger partial charge in [0.2, 0.25) is 0 Å². The molecule has 0 spiro atoms. The van der Waals surface area contributed by atoms with Crippen molar-refractivity contribution in [2.75, 3.05) is 51.3 Å². The second-order valence-electron chi connectivity index (χ2n) is 5.98. The summed E-state index contributed by atoms with van der Waals surface area (Å²) in [5.74, 6) is 0.890. The molecule has 0 aromatic heterocycles. The van der Waals surface area contributed by atoms with Crippen LogP contribution in [0.25, 0.3) is 0 Å². The van der Waals surface area contributed by atoms with E-state index < -0.39 is 5.60 Å². The zero-order valence-electron chi connectivity index (χ0n) is 13.1. The number of benzene rings is 1. The maximum absolute atomic E-state index is 9.96. The van der Waals surface area contributed by atoms with Gasteiger partial charge in [0.15, 0.2) is 0 Å². The monoisotopic (exact) mass is 293 g/mol. The third-order valence-corrected chi connectivity index (χ3v) is 4.22. The number of piperazine rings is 1. The average molecular weight is 293 g/mol. The molecule has 21 heavy (non-hydrogen) atoms. The molecule has 118 valence electrons. The van der Waals surface area contributed by atoms with E-state index in [-0.39, 0.29) is 0 Å². The van der Waals surface area contributed by atoms with Crippen molar-refractivity contribution in [2.45, 2.75) is 18.9 Å². The molecule has 0 aliphatic carbocycles. The van der Waals surface area contributed by atoms with E-state index in [0.717, 1.165) is 44.9 Å². The lowest BCUT2D eigenvalue weighted by atomic mass is 10.0. The fourth-order valence-corrected chi connectivity index (χ4v) is 2.52. The second-order valence-corrected chi connectivity index (χ2v) is 5.98. The van der Waals surface area contributed by atoms with Crippen molar-refractivity contribution in [3.05, 3.63) is 24.3 Å². The Morgan fingerprint density at radius 1 is 1.19 bits per heavy atom. The van der Waals surface area contributed by atoms with E-state index >= 15 is 0 Å². The van der Waals surface area contributed by atoms with Gasteiger partial charge in [-0.2, -0.15) is 0 Å². The Hall–Kier alpha value is -1.30. The van der Waals surface area contributed by atoms with Gasteiger partial charge in [-0.25, -0.2) is 0 Å². The number of aliphatic hydroxyl groups is 1. The summed E-state index contributed by atoms with van der Waals surface area (Å²) in [4.78, 5) is 4.78. The summed E-state index contributed by atoms with van der Waals surface area (Å²) < 4.78 is 5.19. The van der Waals surface area contributed by atoms with Crippen LogP contribution < -0.4 is 15.4 Å². The molecule has 0 radical (unpaired) electrons. The first-order valence-electron chi connectivity index (χ1n) is 7.58. The van der Waals surface area contributed by atoms with Gasteiger partial charge in [0.1, 0.15) is 5.75 Å². The maximum atomic E-state index is 9.96. The summed E-state index contributed by atoms with van der Waals surface area (Å²) in [5.41, 5.74) is 6.05. The van der Waals surface area contributed by atoms with E-state index in [2.05, 4.69) is 21.9 Å². The molecule has 0 amide bonds. The Kier molecular flexibility index (Phi) is 5.45. The summed E-state index contributed by atoms with van der Waals surface area (Å²) in [7, 11) is 1.68. The van der Waals surface area contributed by atoms with Gasteiger partial charge < -0.3 is 20.5 Å². The molecule has 2 rings (SSSR count). The molecule has 1 heterocycles. The lowest BCUT2D eigenvalue weighted by molar-refractivity contribution is 0.0470. The number of nitrogens with two attached hydrogens (primary N) is 1. The zero-order valence-corrected chi connectivity index (χ0v) is 13.1. The van der Waals surface area contributed by atoms with Crippen LogP contribution in [0.15, 0.2) is 24.3 Å². The van der Waals surface area contributed by atoms with Crippen molar-refractivity contribution < 1.29 is 9.84 Å². The van der Waals surface area contributed by atoms with Gasteiger partial charge in [-0.15, -0.1) is 0 Å². The van der Waals surface area contributed by atoms with Crippen molar-refractivity contribution >= 4 is 5.69 Å². The topological polar surface area (TPSA) is 62.0 Å². The summed E-state index contributed by atoms with van der Waals surface area (Å²) in [6, 6.07) is 8.21. The van der Waals surface area contributed by atoms with Crippen molar-refractivity contribution in [1.82, 2.24) is 4.90 Å². The number of ether oxygens (including phenoxy) is 1. The van der Waals surface area contributed by atoms with Crippen LogP contribution in [0.4, 0.5) is 5.69 Å². The predicted octanol–water partition coefficient (Wildman–Crippen LogP) is 0.917. The van der Waals surface area contributed by atoms with E-state index in [0.29, 0.717) is 6.54 Å². The standard InChI is InChI=1S/C16H27N3O2/c1-16(20,13-17)7-8-18-9-11-19(12-10-18)14-3-5-15(21-2)6-4-14/h3-6,20H,7-13,17H2,1-2H3. The van der Waals surface area contributed by atoms with Crippen LogP contribution in [0.3, 0.4) is 0 Å². The van der Waals surface area contributed by atoms with Gasteiger partial charge in [0.05, 0.1) is 12.7 Å². The van der Waals surface area contributed by atoms with Gasteiger partial charge in [0, 0.05) is 45.0 Å². The molecule has 1 atom stereocenters. The van der Waals surface area contributed by atoms with E-state index in [1.165, 1.54) is 5.69 Å². The zero-order chi connectivity index (χ0) is 15.3. The maximum Gasteiger partial charge on any atom is 0.119 e. The number of hydrogen-bond acceptors (Lipinski definition) is 5. The van der Waals surface area contributed by atoms with E-state index in [1.807, 2.05) is 12.1 Å². The smallest absolute Gasteiger partial charge is 0.119 e. The largest absolute Gasteiger partial charge is 0.497 e. The highest BCUT2D eigenvalue weighted by molar-refractivity contribution is 5.49. The second kappa shape index (κ2) is 7.11. The summed E-state index contributed by atoms with van der Waals surface area (Å²) in [6.07, 6.45) is 0.728. The molecule has 1 saturated heterocycles. The van der Waals surface area contributed by atoms with E-state index in [9.17, 15) is 5.11 Å². The number of methoxy groups -OCH3 is 1. The molecule has 1 aliphatic heterocycles. The summed E-state index contributed by atoms with van der Waals surface area (Å²) >= 11 is 0. The number of rotatable bonds is 6. The quantitative estimate of drug-likeness (QED) is 0.816. The first kappa shape index (κ1) is 16.1. The first-order valence-corrected chi connectivity index (χ1v) is 7.58. The fourth-order valence-electron chi connectivity index (χ4n) is 2.52. The van der Waals surface area contributed by atoms with E-state index in [1.54, 1.807) is 14.0 Å². The highest BCUT2D eigenvalue weighted by Gasteiger charge is 2.22. The van der Waals surface area contributed by atoms with Crippen molar-refractivity contribution in [2.24, 2.45) is 5.73 Å². The number of nitrogens with zero attached hydrogens (tertiary/aromatic N) is 2. The van der Waals surface area contributed by atoms with Crippen LogP contribution >= 0.6 is 0 Å². The Balaban J connectivity index is 1.80. The summed E-state index contributed by atoms with van der Waals surface area (Å²) in [5, 5.41) is 9.96. The fraction of sp³-hybridized carbons (Fsp3) is 0.625. The van der Waals surface area contributed by atoms with Gasteiger partial charge in [-0.3, -0.25) is 4.90 Å². The molecule has 1 fully saturated rings. The Morgan fingerprint density at radius 3 is 2.33 bits per heavy atom. The van der Waals surface area contributed by atoms with Crippen LogP contribution in [0.1, 0.15) is 13.3 Å². The molecule has 3 N–H and O–H groups in total. The molecule has 1 aliphatic rings. The lowest BCUT2D eigenvalue weighted by Gasteiger charge is -2.37. The van der Waals surface area contributed by atoms with Crippen molar-refractivity contribution in [3.63, 3.8) is 0 Å². The normalized spacial score (nSPS) is 19.3. The molecule has 0 saturated carbocycles. The van der Waals surface area contributed by atoms with Crippen LogP contribution in [0.2, 0.25) is 0 Å². The molecule has 1 aromatic rings. The Labute approximate surface area is 127 Å². The van der Waals surface area contributed by atoms with Gasteiger partial charge >= 0.3 is 0 Å².